The first-order valence-corrected chi connectivity index (χ1v) is 7.68. The van der Waals surface area contributed by atoms with Crippen molar-refractivity contribution in [2.24, 2.45) is 0 Å². The fourth-order valence-electron chi connectivity index (χ4n) is 2.44. The van der Waals surface area contributed by atoms with Crippen LogP contribution in [0.5, 0.6) is 0 Å². The molecule has 0 aromatic heterocycles. The second-order valence-corrected chi connectivity index (χ2v) is 6.53. The Bertz CT molecular complexity index is 418. The smallest absolute Gasteiger partial charge is 0.0132 e. The number of hydrogen-bond donors (Lipinski definition) is 0. The standard InChI is InChI=1S/C19H30/c1-7-9-10-11-15(3)18-14-17(19(4,5)6)13-12-16(18)8-2/h9-10,12-15H,7-8,11H2,1-6H3/b10-9-. The Morgan fingerprint density at radius 3 is 2.32 bits per heavy atom. The topological polar surface area (TPSA) is 0 Å². The van der Waals surface area contributed by atoms with Crippen molar-refractivity contribution in [3.63, 3.8) is 0 Å². The minimum Gasteiger partial charge on any atom is -0.0888 e. The average molecular weight is 258 g/mol. The first-order chi connectivity index (χ1) is 8.90. The van der Waals surface area contributed by atoms with Gasteiger partial charge in [-0.15, -0.1) is 0 Å². The predicted molar refractivity (Wildman–Crippen MR) is 87.0 cm³/mol. The van der Waals surface area contributed by atoms with Crippen molar-refractivity contribution in [2.75, 3.05) is 0 Å². The summed E-state index contributed by atoms with van der Waals surface area (Å²) in [6, 6.07) is 7.07. The van der Waals surface area contributed by atoms with E-state index in [9.17, 15) is 0 Å². The summed E-state index contributed by atoms with van der Waals surface area (Å²) in [5, 5.41) is 0. The van der Waals surface area contributed by atoms with Gasteiger partial charge in [-0.25, -0.2) is 0 Å². The molecule has 1 aromatic rings. The molecule has 0 nitrogen and oxygen atoms in total. The molecule has 0 aliphatic rings. The molecule has 0 bridgehead atoms. The van der Waals surface area contributed by atoms with Crippen LogP contribution in [0.2, 0.25) is 0 Å². The highest BCUT2D eigenvalue weighted by Gasteiger charge is 2.17. The highest BCUT2D eigenvalue weighted by Crippen LogP contribution is 2.30. The van der Waals surface area contributed by atoms with Crippen molar-refractivity contribution in [1.82, 2.24) is 0 Å². The summed E-state index contributed by atoms with van der Waals surface area (Å²) >= 11 is 0. The zero-order chi connectivity index (χ0) is 14.5. The highest BCUT2D eigenvalue weighted by molar-refractivity contribution is 5.37. The molecule has 19 heavy (non-hydrogen) atoms. The molecule has 0 saturated carbocycles. The van der Waals surface area contributed by atoms with E-state index in [-0.39, 0.29) is 5.41 Å². The number of hydrogen-bond acceptors (Lipinski definition) is 0. The Morgan fingerprint density at radius 2 is 1.79 bits per heavy atom. The van der Waals surface area contributed by atoms with Crippen LogP contribution in [0.25, 0.3) is 0 Å². The molecular weight excluding hydrogens is 228 g/mol. The highest BCUT2D eigenvalue weighted by atomic mass is 14.2. The Morgan fingerprint density at radius 1 is 1.11 bits per heavy atom. The van der Waals surface area contributed by atoms with Gasteiger partial charge in [-0.3, -0.25) is 0 Å². The first kappa shape index (κ1) is 16.0. The molecule has 0 heteroatoms. The van der Waals surface area contributed by atoms with Crippen molar-refractivity contribution < 1.29 is 0 Å². The van der Waals surface area contributed by atoms with E-state index in [1.54, 1.807) is 0 Å². The van der Waals surface area contributed by atoms with Gasteiger partial charge in [-0.2, -0.15) is 0 Å². The van der Waals surface area contributed by atoms with Crippen molar-refractivity contribution >= 4 is 0 Å². The van der Waals surface area contributed by atoms with E-state index < -0.39 is 0 Å². The van der Waals surface area contributed by atoms with Gasteiger partial charge in [0, 0.05) is 0 Å². The zero-order valence-corrected chi connectivity index (χ0v) is 13.6. The molecule has 0 amide bonds. The molecule has 0 N–H and O–H groups in total. The van der Waals surface area contributed by atoms with Gasteiger partial charge >= 0.3 is 0 Å². The normalized spacial score (nSPS) is 14.0. The quantitative estimate of drug-likeness (QED) is 0.568. The summed E-state index contributed by atoms with van der Waals surface area (Å²) in [5.41, 5.74) is 4.73. The SMILES string of the molecule is CC/C=C\CC(C)c1cc(C(C)(C)C)ccc1CC. The van der Waals surface area contributed by atoms with Gasteiger partial charge in [0.2, 0.25) is 0 Å². The summed E-state index contributed by atoms with van der Waals surface area (Å²) in [7, 11) is 0. The first-order valence-electron chi connectivity index (χ1n) is 7.68. The fourth-order valence-corrected chi connectivity index (χ4v) is 2.44. The molecule has 1 aromatic carbocycles. The predicted octanol–water partition coefficient (Wildman–Crippen LogP) is 6.01. The van der Waals surface area contributed by atoms with E-state index in [1.807, 2.05) is 0 Å². The van der Waals surface area contributed by atoms with Crippen LogP contribution >= 0.6 is 0 Å². The maximum atomic E-state index is 2.43. The maximum Gasteiger partial charge on any atom is -0.0132 e. The minimum absolute atomic E-state index is 0.236. The molecule has 0 heterocycles. The van der Waals surface area contributed by atoms with Crippen LogP contribution in [0.4, 0.5) is 0 Å². The van der Waals surface area contributed by atoms with Gasteiger partial charge in [0.05, 0.1) is 0 Å². The molecule has 1 unspecified atom stereocenters. The lowest BCUT2D eigenvalue weighted by Crippen LogP contribution is -2.12. The Labute approximate surface area is 119 Å². The van der Waals surface area contributed by atoms with Crippen LogP contribution in [0.1, 0.15) is 77.0 Å². The van der Waals surface area contributed by atoms with Crippen molar-refractivity contribution in [3.8, 4) is 0 Å². The molecule has 0 spiro atoms. The summed E-state index contributed by atoms with van der Waals surface area (Å²) < 4.78 is 0. The van der Waals surface area contributed by atoms with E-state index in [2.05, 4.69) is 71.9 Å². The number of rotatable bonds is 5. The monoisotopic (exact) mass is 258 g/mol. The lowest BCUT2D eigenvalue weighted by Gasteiger charge is -2.23. The Hall–Kier alpha value is -1.04. The maximum absolute atomic E-state index is 2.43. The molecule has 0 radical (unpaired) electrons. The summed E-state index contributed by atoms with van der Waals surface area (Å²) in [6.45, 7) is 13.7. The average Bonchev–Trinajstić information content (AvgIpc) is 2.37. The molecule has 106 valence electrons. The van der Waals surface area contributed by atoms with Crippen LogP contribution in [0, 0.1) is 0 Å². The lowest BCUT2D eigenvalue weighted by atomic mass is 9.82. The molecule has 0 aliphatic heterocycles. The molecule has 1 rings (SSSR count). The van der Waals surface area contributed by atoms with Crippen molar-refractivity contribution in [3.05, 3.63) is 47.0 Å². The van der Waals surface area contributed by atoms with E-state index >= 15 is 0 Å². The van der Waals surface area contributed by atoms with Crippen molar-refractivity contribution in [2.45, 2.75) is 72.1 Å². The second-order valence-electron chi connectivity index (χ2n) is 6.53. The van der Waals surface area contributed by atoms with Gasteiger partial charge in [-0.05, 0) is 47.3 Å². The lowest BCUT2D eigenvalue weighted by molar-refractivity contribution is 0.587. The molecule has 1 atom stereocenters. The number of allylic oxidation sites excluding steroid dienone is 2. The molecule has 0 saturated heterocycles. The van der Waals surface area contributed by atoms with E-state index in [0.29, 0.717) is 5.92 Å². The number of aryl methyl sites for hydroxylation is 1. The van der Waals surface area contributed by atoms with Crippen LogP contribution in [-0.4, -0.2) is 0 Å². The third-order valence-electron chi connectivity index (χ3n) is 3.82. The Kier molecular flexibility index (Phi) is 5.85. The minimum atomic E-state index is 0.236. The van der Waals surface area contributed by atoms with E-state index in [4.69, 9.17) is 0 Å². The third kappa shape index (κ3) is 4.53. The number of benzene rings is 1. The largest absolute Gasteiger partial charge is 0.0888 e. The van der Waals surface area contributed by atoms with Crippen LogP contribution in [0.15, 0.2) is 30.4 Å². The van der Waals surface area contributed by atoms with Gasteiger partial charge in [0.1, 0.15) is 0 Å². The van der Waals surface area contributed by atoms with Crippen molar-refractivity contribution in [1.29, 1.82) is 0 Å². The molecular formula is C19H30. The van der Waals surface area contributed by atoms with Crippen LogP contribution in [-0.2, 0) is 11.8 Å². The van der Waals surface area contributed by atoms with E-state index in [1.165, 1.54) is 16.7 Å². The third-order valence-corrected chi connectivity index (χ3v) is 3.82. The van der Waals surface area contributed by atoms with Gasteiger partial charge in [0.15, 0.2) is 0 Å². The van der Waals surface area contributed by atoms with Gasteiger partial charge in [-0.1, -0.05) is 71.9 Å². The summed E-state index contributed by atoms with van der Waals surface area (Å²) in [6.07, 6.45) is 8.01. The second kappa shape index (κ2) is 6.93. The van der Waals surface area contributed by atoms with Crippen LogP contribution < -0.4 is 0 Å². The van der Waals surface area contributed by atoms with Gasteiger partial charge < -0.3 is 0 Å². The zero-order valence-electron chi connectivity index (χ0n) is 13.6. The fraction of sp³-hybridized carbons (Fsp3) is 0.579. The summed E-state index contributed by atoms with van der Waals surface area (Å²) in [5.74, 6) is 0.611. The molecule has 0 fully saturated rings. The molecule has 0 aliphatic carbocycles. The van der Waals surface area contributed by atoms with E-state index in [0.717, 1.165) is 19.3 Å². The summed E-state index contributed by atoms with van der Waals surface area (Å²) in [4.78, 5) is 0. The van der Waals surface area contributed by atoms with Gasteiger partial charge in [0.25, 0.3) is 0 Å². The Balaban J connectivity index is 3.05. The van der Waals surface area contributed by atoms with Crippen LogP contribution in [0.3, 0.4) is 0 Å².